The number of rotatable bonds is 6. The van der Waals surface area contributed by atoms with Crippen LogP contribution in [0.4, 0.5) is 23.7 Å². The van der Waals surface area contributed by atoms with Gasteiger partial charge < -0.3 is 25.1 Å². The first kappa shape index (κ1) is 18.2. The lowest BCUT2D eigenvalue weighted by Crippen LogP contribution is -2.39. The van der Waals surface area contributed by atoms with Gasteiger partial charge in [-0.25, -0.2) is 4.79 Å². The van der Waals surface area contributed by atoms with Crippen LogP contribution >= 0.6 is 0 Å². The fourth-order valence-electron chi connectivity index (χ4n) is 1.78. The molecule has 0 unspecified atom stereocenters. The molecule has 0 saturated carbocycles. The summed E-state index contributed by atoms with van der Waals surface area (Å²) in [7, 11) is 0. The van der Waals surface area contributed by atoms with Gasteiger partial charge in [-0.05, 0) is 24.3 Å². The number of ether oxygens (including phenoxy) is 1. The third-order valence-corrected chi connectivity index (χ3v) is 2.80. The number of urea groups is 1. The van der Waals surface area contributed by atoms with Crippen LogP contribution in [0.5, 0.6) is 5.75 Å². The van der Waals surface area contributed by atoms with E-state index in [2.05, 4.69) is 20.7 Å². The zero-order valence-electron chi connectivity index (χ0n) is 12.7. The molecule has 0 aliphatic carbocycles. The number of alkyl halides is 3. The van der Waals surface area contributed by atoms with E-state index in [4.69, 9.17) is 4.42 Å². The fraction of sp³-hybridized carbons (Fsp3) is 0.200. The van der Waals surface area contributed by atoms with Crippen LogP contribution in [0.25, 0.3) is 0 Å². The average Bonchev–Trinajstić information content (AvgIpc) is 3.05. The molecular weight excluding hydrogens is 343 g/mol. The van der Waals surface area contributed by atoms with E-state index in [9.17, 15) is 22.8 Å². The number of hydrogen-bond acceptors (Lipinski definition) is 4. The van der Waals surface area contributed by atoms with Crippen molar-refractivity contribution in [3.05, 3.63) is 48.4 Å². The molecule has 134 valence electrons. The zero-order chi connectivity index (χ0) is 18.3. The van der Waals surface area contributed by atoms with Gasteiger partial charge in [-0.2, -0.15) is 0 Å². The lowest BCUT2D eigenvalue weighted by molar-refractivity contribution is -0.274. The Morgan fingerprint density at radius 3 is 2.52 bits per heavy atom. The summed E-state index contributed by atoms with van der Waals surface area (Å²) < 4.78 is 45.7. The Bertz CT molecular complexity index is 717. The summed E-state index contributed by atoms with van der Waals surface area (Å²) >= 11 is 0. The number of amides is 3. The van der Waals surface area contributed by atoms with E-state index in [1.807, 2.05) is 0 Å². The highest BCUT2D eigenvalue weighted by atomic mass is 19.4. The molecule has 3 amide bonds. The van der Waals surface area contributed by atoms with Crippen LogP contribution in [0, 0.1) is 0 Å². The second kappa shape index (κ2) is 8.08. The van der Waals surface area contributed by atoms with Crippen LogP contribution in [-0.2, 0) is 11.3 Å². The quantitative estimate of drug-likeness (QED) is 0.741. The molecule has 10 heteroatoms. The van der Waals surface area contributed by atoms with Gasteiger partial charge in [0.2, 0.25) is 5.91 Å². The highest BCUT2D eigenvalue weighted by Crippen LogP contribution is 2.29. The van der Waals surface area contributed by atoms with Gasteiger partial charge in [0.15, 0.2) is 5.75 Å². The highest BCUT2D eigenvalue weighted by molar-refractivity contribution is 5.95. The second-order valence-corrected chi connectivity index (χ2v) is 4.71. The minimum Gasteiger partial charge on any atom is -0.467 e. The summed E-state index contributed by atoms with van der Waals surface area (Å²) in [6, 6.07) is 7.75. The first-order valence-electron chi connectivity index (χ1n) is 7.02. The topological polar surface area (TPSA) is 92.6 Å². The van der Waals surface area contributed by atoms with Gasteiger partial charge in [0.1, 0.15) is 5.76 Å². The van der Waals surface area contributed by atoms with Crippen molar-refractivity contribution in [2.75, 3.05) is 11.9 Å². The molecule has 1 aromatic heterocycles. The standard InChI is InChI=1S/C15H14F3N3O4/c16-15(17,18)25-12-6-2-1-5-11(12)21-13(22)9-20-14(23)19-8-10-4-3-7-24-10/h1-7H,8-9H2,(H,21,22)(H2,19,20,23). The van der Waals surface area contributed by atoms with Crippen LogP contribution in [0.2, 0.25) is 0 Å². The number of benzene rings is 1. The first-order valence-corrected chi connectivity index (χ1v) is 7.02. The second-order valence-electron chi connectivity index (χ2n) is 4.71. The molecule has 0 fully saturated rings. The van der Waals surface area contributed by atoms with E-state index in [0.29, 0.717) is 5.76 Å². The molecule has 0 bridgehead atoms. The zero-order valence-corrected chi connectivity index (χ0v) is 12.7. The van der Waals surface area contributed by atoms with Gasteiger partial charge >= 0.3 is 12.4 Å². The van der Waals surface area contributed by atoms with Gasteiger partial charge in [0, 0.05) is 0 Å². The number of anilines is 1. The van der Waals surface area contributed by atoms with Crippen LogP contribution in [-0.4, -0.2) is 24.8 Å². The van der Waals surface area contributed by atoms with Crippen molar-refractivity contribution in [1.29, 1.82) is 0 Å². The molecule has 0 saturated heterocycles. The number of hydrogen-bond donors (Lipinski definition) is 3. The van der Waals surface area contributed by atoms with E-state index >= 15 is 0 Å². The minimum atomic E-state index is -4.88. The van der Waals surface area contributed by atoms with Crippen molar-refractivity contribution in [2.45, 2.75) is 12.9 Å². The maximum Gasteiger partial charge on any atom is 0.573 e. The van der Waals surface area contributed by atoms with Crippen LogP contribution in [0.3, 0.4) is 0 Å². The molecule has 1 heterocycles. The molecule has 2 aromatic rings. The average molecular weight is 357 g/mol. The van der Waals surface area contributed by atoms with Crippen molar-refractivity contribution in [3.8, 4) is 5.75 Å². The molecule has 0 spiro atoms. The predicted octanol–water partition coefficient (Wildman–Crippen LogP) is 2.62. The van der Waals surface area contributed by atoms with Gasteiger partial charge in [0.05, 0.1) is 25.0 Å². The van der Waals surface area contributed by atoms with Crippen LogP contribution < -0.4 is 20.7 Å². The van der Waals surface area contributed by atoms with Crippen molar-refractivity contribution in [3.63, 3.8) is 0 Å². The summed E-state index contributed by atoms with van der Waals surface area (Å²) in [5.74, 6) is -0.741. The molecule has 0 atom stereocenters. The normalized spacial score (nSPS) is 10.8. The number of para-hydroxylation sites is 2. The molecule has 2 rings (SSSR count). The summed E-state index contributed by atoms with van der Waals surface area (Å²) in [5, 5.41) is 6.95. The predicted molar refractivity (Wildman–Crippen MR) is 80.7 cm³/mol. The number of halogens is 3. The minimum absolute atomic E-state index is 0.128. The third kappa shape index (κ3) is 6.45. The van der Waals surface area contributed by atoms with Crippen molar-refractivity contribution < 1.29 is 31.9 Å². The van der Waals surface area contributed by atoms with Crippen LogP contribution in [0.1, 0.15) is 5.76 Å². The monoisotopic (exact) mass is 357 g/mol. The molecule has 0 aliphatic rings. The van der Waals surface area contributed by atoms with Gasteiger partial charge in [-0.1, -0.05) is 12.1 Å². The molecular formula is C15H14F3N3O4. The van der Waals surface area contributed by atoms with E-state index in [1.165, 1.54) is 24.5 Å². The Morgan fingerprint density at radius 2 is 1.84 bits per heavy atom. The van der Waals surface area contributed by atoms with Crippen molar-refractivity contribution in [2.24, 2.45) is 0 Å². The first-order chi connectivity index (χ1) is 11.8. The smallest absolute Gasteiger partial charge is 0.467 e. The molecule has 0 aliphatic heterocycles. The third-order valence-electron chi connectivity index (χ3n) is 2.80. The highest BCUT2D eigenvalue weighted by Gasteiger charge is 2.32. The Balaban J connectivity index is 1.81. The van der Waals surface area contributed by atoms with Crippen molar-refractivity contribution >= 4 is 17.6 Å². The van der Waals surface area contributed by atoms with Gasteiger partial charge in [-0.3, -0.25) is 4.79 Å². The number of carbonyl (C=O) groups is 2. The maximum atomic E-state index is 12.3. The van der Waals surface area contributed by atoms with Gasteiger partial charge in [0.25, 0.3) is 0 Å². The SMILES string of the molecule is O=C(CNC(=O)NCc1ccco1)Nc1ccccc1OC(F)(F)F. The largest absolute Gasteiger partial charge is 0.573 e. The maximum absolute atomic E-state index is 12.3. The summed E-state index contributed by atoms with van der Waals surface area (Å²) in [4.78, 5) is 23.3. The van der Waals surface area contributed by atoms with E-state index < -0.39 is 30.6 Å². The number of nitrogens with one attached hydrogen (secondary N) is 3. The molecule has 7 nitrogen and oxygen atoms in total. The number of furan rings is 1. The Hall–Kier alpha value is -3.17. The molecule has 25 heavy (non-hydrogen) atoms. The number of carbonyl (C=O) groups excluding carboxylic acids is 2. The van der Waals surface area contributed by atoms with Crippen LogP contribution in [0.15, 0.2) is 47.1 Å². The Labute approximate surface area is 140 Å². The summed E-state index contributed by atoms with van der Waals surface area (Å²) in [5.41, 5.74) is -0.164. The van der Waals surface area contributed by atoms with E-state index in [1.54, 1.807) is 12.1 Å². The fourth-order valence-corrected chi connectivity index (χ4v) is 1.78. The Morgan fingerprint density at radius 1 is 1.08 bits per heavy atom. The molecule has 1 aromatic carbocycles. The Kier molecular flexibility index (Phi) is 5.88. The van der Waals surface area contributed by atoms with Crippen molar-refractivity contribution in [1.82, 2.24) is 10.6 Å². The molecule has 3 N–H and O–H groups in total. The lowest BCUT2D eigenvalue weighted by atomic mass is 10.3. The van der Waals surface area contributed by atoms with Gasteiger partial charge in [-0.15, -0.1) is 13.2 Å². The molecule has 0 radical (unpaired) electrons. The van der Waals surface area contributed by atoms with E-state index in [-0.39, 0.29) is 12.2 Å². The van der Waals surface area contributed by atoms with E-state index in [0.717, 1.165) is 6.07 Å². The lowest BCUT2D eigenvalue weighted by Gasteiger charge is -2.14. The summed E-state index contributed by atoms with van der Waals surface area (Å²) in [6.45, 7) is -0.312. The summed E-state index contributed by atoms with van der Waals surface area (Å²) in [6.07, 6.45) is -3.44.